The van der Waals surface area contributed by atoms with E-state index in [1.165, 1.54) is 0 Å². The number of ether oxygens (including phenoxy) is 1. The van der Waals surface area contributed by atoms with Crippen molar-refractivity contribution in [3.05, 3.63) is 54.4 Å². The van der Waals surface area contributed by atoms with Crippen LogP contribution in [0.2, 0.25) is 0 Å². The third kappa shape index (κ3) is 4.25. The third-order valence-electron chi connectivity index (χ3n) is 4.24. The second-order valence-electron chi connectivity index (χ2n) is 7.40. The molecule has 1 aromatic heterocycles. The smallest absolute Gasteiger partial charge is 0.410 e. The zero-order valence-corrected chi connectivity index (χ0v) is 15.5. The van der Waals surface area contributed by atoms with Gasteiger partial charge in [-0.1, -0.05) is 0 Å². The Hall–Kier alpha value is -2.76. The summed E-state index contributed by atoms with van der Waals surface area (Å²) in [7, 11) is 0. The minimum absolute atomic E-state index is 0.00658. The van der Waals surface area contributed by atoms with Gasteiger partial charge in [0.25, 0.3) is 5.91 Å². The largest absolute Gasteiger partial charge is 0.444 e. The number of piperazine rings is 1. The summed E-state index contributed by atoms with van der Waals surface area (Å²) >= 11 is 0. The molecule has 0 radical (unpaired) electrons. The Labute approximate surface area is 154 Å². The zero-order valence-electron chi connectivity index (χ0n) is 15.5. The van der Waals surface area contributed by atoms with E-state index in [1.807, 2.05) is 74.1 Å². The number of hydrogen-bond acceptors (Lipinski definition) is 3. The Balaban J connectivity index is 1.57. The molecule has 0 unspecified atom stereocenters. The normalized spacial score (nSPS) is 15.0. The lowest BCUT2D eigenvalue weighted by Crippen LogP contribution is -2.51. The highest BCUT2D eigenvalue weighted by atomic mass is 16.6. The summed E-state index contributed by atoms with van der Waals surface area (Å²) < 4.78 is 7.38. The van der Waals surface area contributed by atoms with Crippen LogP contribution in [0.15, 0.2) is 48.8 Å². The highest BCUT2D eigenvalue weighted by molar-refractivity contribution is 5.94. The maximum atomic E-state index is 12.7. The molecule has 26 heavy (non-hydrogen) atoms. The van der Waals surface area contributed by atoms with E-state index in [0.717, 1.165) is 5.69 Å². The maximum Gasteiger partial charge on any atom is 0.410 e. The van der Waals surface area contributed by atoms with Crippen molar-refractivity contribution >= 4 is 12.0 Å². The molecule has 1 fully saturated rings. The predicted octanol–water partition coefficient (Wildman–Crippen LogP) is 3.17. The van der Waals surface area contributed by atoms with Gasteiger partial charge in [0.15, 0.2) is 0 Å². The lowest BCUT2D eigenvalue weighted by molar-refractivity contribution is 0.0141. The molecule has 0 bridgehead atoms. The van der Waals surface area contributed by atoms with E-state index in [9.17, 15) is 9.59 Å². The van der Waals surface area contributed by atoms with Crippen LogP contribution in [0, 0.1) is 0 Å². The lowest BCUT2D eigenvalue weighted by Gasteiger charge is -2.35. The van der Waals surface area contributed by atoms with Crippen LogP contribution in [0.4, 0.5) is 4.79 Å². The van der Waals surface area contributed by atoms with Crippen LogP contribution in [0.25, 0.3) is 5.69 Å². The van der Waals surface area contributed by atoms with E-state index in [1.54, 1.807) is 9.80 Å². The van der Waals surface area contributed by atoms with Gasteiger partial charge in [-0.05, 0) is 57.2 Å². The third-order valence-corrected chi connectivity index (χ3v) is 4.24. The average Bonchev–Trinajstić information content (AvgIpc) is 3.14. The van der Waals surface area contributed by atoms with Crippen molar-refractivity contribution in [2.24, 2.45) is 0 Å². The first kappa shape index (κ1) is 18.0. The van der Waals surface area contributed by atoms with Crippen LogP contribution in [0.3, 0.4) is 0 Å². The average molecular weight is 355 g/mol. The molecule has 2 heterocycles. The lowest BCUT2D eigenvalue weighted by atomic mass is 10.1. The van der Waals surface area contributed by atoms with Crippen molar-refractivity contribution in [3.8, 4) is 5.69 Å². The van der Waals surface area contributed by atoms with E-state index in [0.29, 0.717) is 31.7 Å². The Bertz CT molecular complexity index is 753. The van der Waals surface area contributed by atoms with Crippen molar-refractivity contribution in [1.82, 2.24) is 14.4 Å². The summed E-state index contributed by atoms with van der Waals surface area (Å²) in [5.74, 6) is -0.00658. The Morgan fingerprint density at radius 1 is 0.885 bits per heavy atom. The van der Waals surface area contributed by atoms with Gasteiger partial charge in [-0.25, -0.2) is 4.79 Å². The van der Waals surface area contributed by atoms with Crippen LogP contribution in [0.5, 0.6) is 0 Å². The molecule has 0 aliphatic carbocycles. The van der Waals surface area contributed by atoms with Crippen LogP contribution in [-0.2, 0) is 4.74 Å². The highest BCUT2D eigenvalue weighted by Crippen LogP contribution is 2.15. The van der Waals surface area contributed by atoms with Crippen molar-refractivity contribution < 1.29 is 14.3 Å². The van der Waals surface area contributed by atoms with Crippen LogP contribution >= 0.6 is 0 Å². The summed E-state index contributed by atoms with van der Waals surface area (Å²) in [5.41, 5.74) is 1.17. The van der Waals surface area contributed by atoms with E-state index >= 15 is 0 Å². The molecule has 1 aliphatic heterocycles. The summed E-state index contributed by atoms with van der Waals surface area (Å²) in [6, 6.07) is 11.5. The molecule has 1 aliphatic rings. The molecule has 0 N–H and O–H groups in total. The summed E-state index contributed by atoms with van der Waals surface area (Å²) in [6.07, 6.45) is 3.61. The first-order chi connectivity index (χ1) is 12.3. The SMILES string of the molecule is CC(C)(C)OC(=O)N1CCN(C(=O)c2ccc(-n3cccc3)cc2)CC1. The first-order valence-electron chi connectivity index (χ1n) is 8.84. The Morgan fingerprint density at radius 2 is 1.42 bits per heavy atom. The fraction of sp³-hybridized carbons (Fsp3) is 0.400. The fourth-order valence-corrected chi connectivity index (χ4v) is 2.88. The highest BCUT2D eigenvalue weighted by Gasteiger charge is 2.28. The molecule has 2 amide bonds. The minimum atomic E-state index is -0.508. The van der Waals surface area contributed by atoms with Gasteiger partial charge in [0, 0.05) is 49.8 Å². The number of amides is 2. The maximum absolute atomic E-state index is 12.7. The molecule has 6 heteroatoms. The molecular formula is C20H25N3O3. The molecule has 0 saturated carbocycles. The van der Waals surface area contributed by atoms with Gasteiger partial charge < -0.3 is 19.1 Å². The number of carbonyl (C=O) groups excluding carboxylic acids is 2. The monoisotopic (exact) mass is 355 g/mol. The quantitative estimate of drug-likeness (QED) is 0.831. The Morgan fingerprint density at radius 3 is 1.96 bits per heavy atom. The van der Waals surface area contributed by atoms with E-state index in [-0.39, 0.29) is 12.0 Å². The number of hydrogen-bond donors (Lipinski definition) is 0. The molecule has 3 rings (SSSR count). The van der Waals surface area contributed by atoms with Crippen molar-refractivity contribution in [2.75, 3.05) is 26.2 Å². The number of carbonyl (C=O) groups is 2. The summed E-state index contributed by atoms with van der Waals surface area (Å²) in [4.78, 5) is 28.2. The molecule has 2 aromatic rings. The van der Waals surface area contributed by atoms with Gasteiger partial charge in [0.1, 0.15) is 5.60 Å². The summed E-state index contributed by atoms with van der Waals surface area (Å²) in [6.45, 7) is 7.55. The van der Waals surface area contributed by atoms with Gasteiger partial charge in [-0.3, -0.25) is 4.79 Å². The van der Waals surface area contributed by atoms with Gasteiger partial charge in [-0.2, -0.15) is 0 Å². The predicted molar refractivity (Wildman–Crippen MR) is 99.5 cm³/mol. The van der Waals surface area contributed by atoms with E-state index < -0.39 is 5.60 Å². The molecule has 0 spiro atoms. The van der Waals surface area contributed by atoms with E-state index in [4.69, 9.17) is 4.74 Å². The molecule has 1 saturated heterocycles. The number of rotatable bonds is 2. The molecule has 138 valence electrons. The molecule has 1 aromatic carbocycles. The minimum Gasteiger partial charge on any atom is -0.444 e. The first-order valence-corrected chi connectivity index (χ1v) is 8.84. The second kappa shape index (κ2) is 7.23. The molecule has 6 nitrogen and oxygen atoms in total. The van der Waals surface area contributed by atoms with Crippen molar-refractivity contribution in [1.29, 1.82) is 0 Å². The van der Waals surface area contributed by atoms with Crippen LogP contribution in [-0.4, -0.2) is 58.1 Å². The van der Waals surface area contributed by atoms with Gasteiger partial charge in [0.05, 0.1) is 0 Å². The van der Waals surface area contributed by atoms with Crippen molar-refractivity contribution in [2.45, 2.75) is 26.4 Å². The van der Waals surface area contributed by atoms with E-state index in [2.05, 4.69) is 0 Å². The van der Waals surface area contributed by atoms with Gasteiger partial charge in [0.2, 0.25) is 0 Å². The topological polar surface area (TPSA) is 54.8 Å². The zero-order chi connectivity index (χ0) is 18.7. The fourth-order valence-electron chi connectivity index (χ4n) is 2.88. The van der Waals surface area contributed by atoms with Crippen LogP contribution in [0.1, 0.15) is 31.1 Å². The van der Waals surface area contributed by atoms with Crippen LogP contribution < -0.4 is 0 Å². The van der Waals surface area contributed by atoms with Crippen molar-refractivity contribution in [3.63, 3.8) is 0 Å². The second-order valence-corrected chi connectivity index (χ2v) is 7.40. The molecular weight excluding hydrogens is 330 g/mol. The number of benzene rings is 1. The number of nitrogens with zero attached hydrogens (tertiary/aromatic N) is 3. The standard InChI is InChI=1S/C20H25N3O3/c1-20(2,3)26-19(25)23-14-12-22(13-15-23)18(24)16-6-8-17(9-7-16)21-10-4-5-11-21/h4-11H,12-15H2,1-3H3. The Kier molecular flexibility index (Phi) is 5.02. The van der Waals surface area contributed by atoms with Gasteiger partial charge in [-0.15, -0.1) is 0 Å². The number of aromatic nitrogens is 1. The molecule has 0 atom stereocenters. The van der Waals surface area contributed by atoms with Gasteiger partial charge >= 0.3 is 6.09 Å². The summed E-state index contributed by atoms with van der Waals surface area (Å²) in [5, 5.41) is 0.